The fraction of sp³-hybridized carbons (Fsp3) is 0.250. The van der Waals surface area contributed by atoms with Gasteiger partial charge in [-0.05, 0) is 18.1 Å². The van der Waals surface area contributed by atoms with E-state index in [0.29, 0.717) is 17.9 Å². The largest absolute Gasteiger partial charge is 0.391 e. The average Bonchev–Trinajstić information content (AvgIpc) is 2.63. The molecule has 0 spiro atoms. The van der Waals surface area contributed by atoms with Gasteiger partial charge in [-0.15, -0.1) is 0 Å². The zero-order valence-electron chi connectivity index (χ0n) is 9.22. The Bertz CT molecular complexity index is 491. The highest BCUT2D eigenvalue weighted by molar-refractivity contribution is 5.39. The second-order valence-electron chi connectivity index (χ2n) is 3.80. The number of aliphatic hydroxyl groups excluding tert-OH is 1. The van der Waals surface area contributed by atoms with Crippen LogP contribution in [0.25, 0.3) is 0 Å². The van der Waals surface area contributed by atoms with Crippen LogP contribution in [-0.2, 0) is 13.2 Å². The Balaban J connectivity index is 2.27. The van der Waals surface area contributed by atoms with Crippen molar-refractivity contribution < 1.29 is 5.11 Å². The van der Waals surface area contributed by atoms with Crippen LogP contribution >= 0.6 is 0 Å². The van der Waals surface area contributed by atoms with Gasteiger partial charge in [-0.3, -0.25) is 0 Å². The van der Waals surface area contributed by atoms with Crippen molar-refractivity contribution in [3.63, 3.8) is 0 Å². The molecule has 2 aromatic rings. The minimum atomic E-state index is -0.0698. The molecule has 1 aromatic carbocycles. The van der Waals surface area contributed by atoms with Gasteiger partial charge in [-0.1, -0.05) is 24.3 Å². The van der Waals surface area contributed by atoms with Crippen LogP contribution in [-0.4, -0.2) is 14.9 Å². The van der Waals surface area contributed by atoms with Crippen molar-refractivity contribution in [1.82, 2.24) is 9.78 Å². The van der Waals surface area contributed by atoms with Gasteiger partial charge in [-0.25, -0.2) is 4.68 Å². The van der Waals surface area contributed by atoms with Crippen LogP contribution in [0, 0.1) is 6.92 Å². The number of nitrogens with two attached hydrogens (primary N) is 1. The first-order valence-electron chi connectivity index (χ1n) is 5.18. The van der Waals surface area contributed by atoms with E-state index in [1.54, 1.807) is 10.9 Å². The molecule has 0 aliphatic rings. The summed E-state index contributed by atoms with van der Waals surface area (Å²) in [5, 5.41) is 13.2. The predicted molar refractivity (Wildman–Crippen MR) is 62.8 cm³/mol. The molecular weight excluding hydrogens is 202 g/mol. The molecule has 0 saturated carbocycles. The summed E-state index contributed by atoms with van der Waals surface area (Å²) in [5.74, 6) is 0.533. The number of hydrogen-bond acceptors (Lipinski definition) is 3. The summed E-state index contributed by atoms with van der Waals surface area (Å²) in [7, 11) is 0. The Kier molecular flexibility index (Phi) is 2.92. The summed E-state index contributed by atoms with van der Waals surface area (Å²) in [4.78, 5) is 0. The molecule has 16 heavy (non-hydrogen) atoms. The lowest BCUT2D eigenvalue weighted by Crippen LogP contribution is -2.07. The molecule has 0 bridgehead atoms. The molecule has 0 aliphatic carbocycles. The predicted octanol–water partition coefficient (Wildman–Crippen LogP) is 1.31. The Hall–Kier alpha value is -1.81. The molecule has 0 radical (unpaired) electrons. The van der Waals surface area contributed by atoms with Crippen LogP contribution in [0.4, 0.5) is 5.82 Å². The van der Waals surface area contributed by atoms with Crippen molar-refractivity contribution >= 4 is 5.82 Å². The Labute approximate surface area is 94.3 Å². The van der Waals surface area contributed by atoms with Gasteiger partial charge in [0.25, 0.3) is 0 Å². The molecule has 2 rings (SSSR count). The summed E-state index contributed by atoms with van der Waals surface area (Å²) in [6, 6.07) is 8.11. The first kappa shape index (κ1) is 10.7. The highest BCUT2D eigenvalue weighted by Gasteiger charge is 2.07. The van der Waals surface area contributed by atoms with E-state index in [1.165, 1.54) is 11.1 Å². The lowest BCUT2D eigenvalue weighted by Gasteiger charge is -2.07. The SMILES string of the molecule is Cc1ccccc1Cn1ncc(CO)c1N. The van der Waals surface area contributed by atoms with Crippen molar-refractivity contribution in [2.45, 2.75) is 20.1 Å². The van der Waals surface area contributed by atoms with Crippen LogP contribution in [0.3, 0.4) is 0 Å². The molecule has 0 atom stereocenters. The summed E-state index contributed by atoms with van der Waals surface area (Å²) >= 11 is 0. The molecule has 4 heteroatoms. The minimum Gasteiger partial charge on any atom is -0.391 e. The first-order valence-corrected chi connectivity index (χ1v) is 5.18. The Morgan fingerprint density at radius 3 is 2.69 bits per heavy atom. The van der Waals surface area contributed by atoms with E-state index in [1.807, 2.05) is 12.1 Å². The third kappa shape index (κ3) is 1.92. The maximum Gasteiger partial charge on any atom is 0.127 e. The summed E-state index contributed by atoms with van der Waals surface area (Å²) in [5.41, 5.74) is 8.92. The first-order chi connectivity index (χ1) is 7.72. The lowest BCUT2D eigenvalue weighted by atomic mass is 10.1. The van der Waals surface area contributed by atoms with Gasteiger partial charge in [0.1, 0.15) is 5.82 Å². The van der Waals surface area contributed by atoms with Crippen LogP contribution < -0.4 is 5.73 Å². The second kappa shape index (κ2) is 4.37. The van der Waals surface area contributed by atoms with E-state index in [4.69, 9.17) is 10.8 Å². The maximum absolute atomic E-state index is 9.02. The molecule has 0 amide bonds. The molecule has 3 N–H and O–H groups in total. The van der Waals surface area contributed by atoms with Gasteiger partial charge in [0.15, 0.2) is 0 Å². The number of nitrogens with zero attached hydrogens (tertiary/aromatic N) is 2. The number of aryl methyl sites for hydroxylation is 1. The molecule has 0 unspecified atom stereocenters. The van der Waals surface area contributed by atoms with Crippen molar-refractivity contribution in [1.29, 1.82) is 0 Å². The monoisotopic (exact) mass is 217 g/mol. The number of benzene rings is 1. The van der Waals surface area contributed by atoms with Crippen molar-refractivity contribution in [3.05, 3.63) is 47.2 Å². The lowest BCUT2D eigenvalue weighted by molar-refractivity contribution is 0.282. The van der Waals surface area contributed by atoms with Crippen LogP contribution in [0.15, 0.2) is 30.5 Å². The van der Waals surface area contributed by atoms with Crippen LogP contribution in [0.2, 0.25) is 0 Å². The molecule has 1 heterocycles. The number of rotatable bonds is 3. The van der Waals surface area contributed by atoms with Gasteiger partial charge in [0.2, 0.25) is 0 Å². The van der Waals surface area contributed by atoms with Crippen molar-refractivity contribution in [2.75, 3.05) is 5.73 Å². The highest BCUT2D eigenvalue weighted by Crippen LogP contribution is 2.14. The zero-order chi connectivity index (χ0) is 11.5. The third-order valence-electron chi connectivity index (χ3n) is 2.71. The van der Waals surface area contributed by atoms with Gasteiger partial charge in [0.05, 0.1) is 19.3 Å². The van der Waals surface area contributed by atoms with E-state index in [9.17, 15) is 0 Å². The smallest absolute Gasteiger partial charge is 0.127 e. The Morgan fingerprint density at radius 2 is 2.06 bits per heavy atom. The van der Waals surface area contributed by atoms with Crippen LogP contribution in [0.5, 0.6) is 0 Å². The topological polar surface area (TPSA) is 64.1 Å². The van der Waals surface area contributed by atoms with Gasteiger partial charge < -0.3 is 10.8 Å². The Morgan fingerprint density at radius 1 is 1.31 bits per heavy atom. The molecule has 0 aliphatic heterocycles. The summed E-state index contributed by atoms with van der Waals surface area (Å²) in [6.07, 6.45) is 1.60. The van der Waals surface area contributed by atoms with Crippen LogP contribution in [0.1, 0.15) is 16.7 Å². The highest BCUT2D eigenvalue weighted by atomic mass is 16.3. The number of nitrogen functional groups attached to an aromatic ring is 1. The number of anilines is 1. The molecular formula is C12H15N3O. The van der Waals surface area contributed by atoms with Gasteiger partial charge >= 0.3 is 0 Å². The van der Waals surface area contributed by atoms with E-state index < -0.39 is 0 Å². The summed E-state index contributed by atoms with van der Waals surface area (Å²) in [6.45, 7) is 2.63. The van der Waals surface area contributed by atoms with Gasteiger partial charge in [0, 0.05) is 5.56 Å². The standard InChI is InChI=1S/C12H15N3O/c1-9-4-2-3-5-10(9)7-15-12(13)11(8-16)6-14-15/h2-6,16H,7-8,13H2,1H3. The minimum absolute atomic E-state index is 0.0698. The fourth-order valence-electron chi connectivity index (χ4n) is 1.63. The summed E-state index contributed by atoms with van der Waals surface area (Å²) < 4.78 is 1.70. The maximum atomic E-state index is 9.02. The zero-order valence-corrected chi connectivity index (χ0v) is 9.22. The number of aromatic nitrogens is 2. The quantitative estimate of drug-likeness (QED) is 0.814. The normalized spacial score (nSPS) is 10.6. The molecule has 4 nitrogen and oxygen atoms in total. The van der Waals surface area contributed by atoms with Gasteiger partial charge in [-0.2, -0.15) is 5.10 Å². The molecule has 1 aromatic heterocycles. The molecule has 0 fully saturated rings. The van der Waals surface area contributed by atoms with Crippen molar-refractivity contribution in [3.8, 4) is 0 Å². The fourth-order valence-corrected chi connectivity index (χ4v) is 1.63. The molecule has 0 saturated heterocycles. The van der Waals surface area contributed by atoms with E-state index in [0.717, 1.165) is 0 Å². The van der Waals surface area contributed by atoms with E-state index in [2.05, 4.69) is 24.2 Å². The average molecular weight is 217 g/mol. The third-order valence-corrected chi connectivity index (χ3v) is 2.71. The van der Waals surface area contributed by atoms with E-state index >= 15 is 0 Å². The second-order valence-corrected chi connectivity index (χ2v) is 3.80. The number of aliphatic hydroxyl groups is 1. The molecule has 84 valence electrons. The number of hydrogen-bond donors (Lipinski definition) is 2. The van der Waals surface area contributed by atoms with E-state index in [-0.39, 0.29) is 6.61 Å². The van der Waals surface area contributed by atoms with Crippen molar-refractivity contribution in [2.24, 2.45) is 0 Å².